The van der Waals surface area contributed by atoms with Gasteiger partial charge in [0.2, 0.25) is 23.6 Å². The minimum absolute atomic E-state index is 0.00567. The number of carbonyl (C=O) groups is 2. The first kappa shape index (κ1) is 19.9. The summed E-state index contributed by atoms with van der Waals surface area (Å²) >= 11 is 0. The first-order valence-corrected chi connectivity index (χ1v) is 11.3. The molecular weight excluding hydrogens is 426 g/mol. The van der Waals surface area contributed by atoms with E-state index in [2.05, 4.69) is 4.72 Å². The summed E-state index contributed by atoms with van der Waals surface area (Å²) < 4.78 is 32.0. The molecule has 32 heavy (non-hydrogen) atoms. The molecule has 0 spiro atoms. The maximum atomic E-state index is 13.6. The van der Waals surface area contributed by atoms with E-state index < -0.39 is 21.6 Å². The highest BCUT2D eigenvalue weighted by molar-refractivity contribution is 7.89. The van der Waals surface area contributed by atoms with Crippen LogP contribution in [0.3, 0.4) is 0 Å². The number of imidazole rings is 1. The van der Waals surface area contributed by atoms with E-state index in [-0.39, 0.29) is 27.4 Å². The van der Waals surface area contributed by atoms with Gasteiger partial charge in [0.1, 0.15) is 5.70 Å². The minimum atomic E-state index is -4.11. The van der Waals surface area contributed by atoms with Gasteiger partial charge < -0.3 is 0 Å². The van der Waals surface area contributed by atoms with Crippen LogP contribution in [-0.4, -0.2) is 24.6 Å². The van der Waals surface area contributed by atoms with Crippen LogP contribution >= 0.6 is 0 Å². The average Bonchev–Trinajstić information content (AvgIpc) is 3.14. The normalized spacial score (nSPS) is 14.0. The van der Waals surface area contributed by atoms with Gasteiger partial charge in [0.05, 0.1) is 11.9 Å². The number of aryl methyl sites for hydroxylation is 1. The van der Waals surface area contributed by atoms with Crippen LogP contribution in [0.2, 0.25) is 0 Å². The molecule has 0 atom stereocenters. The van der Waals surface area contributed by atoms with Crippen LogP contribution in [-0.2, 0) is 17.1 Å². The van der Waals surface area contributed by atoms with Crippen LogP contribution in [0.4, 0.5) is 0 Å². The van der Waals surface area contributed by atoms with E-state index in [1.165, 1.54) is 18.2 Å². The molecule has 0 fully saturated rings. The fraction of sp³-hybridized carbons (Fsp3) is 0.0417. The number of aromatic nitrogens is 2. The lowest BCUT2D eigenvalue weighted by atomic mass is 9.90. The number of Topliss-reactive ketones (excluding diaryl/α,β-unsaturated/α-hetero) is 2. The maximum absolute atomic E-state index is 13.6. The Bertz CT molecular complexity index is 1550. The summed E-state index contributed by atoms with van der Waals surface area (Å²) in [6, 6.07) is 21.5. The standard InChI is InChI=1S/C24H17N3O4S/c1-26-15-27(20-14-8-7-13-19(20)26)22-21(25-32(30,31)16-9-3-2-4-10-16)23(28)17-11-5-6-12-18(17)24(22)29/h2-15H,1H3/p+1. The molecule has 8 heteroatoms. The average molecular weight is 444 g/mol. The Labute approximate surface area is 184 Å². The van der Waals surface area contributed by atoms with E-state index >= 15 is 0 Å². The number of benzene rings is 3. The lowest BCUT2D eigenvalue weighted by molar-refractivity contribution is -0.645. The lowest BCUT2D eigenvalue weighted by Crippen LogP contribution is -2.35. The van der Waals surface area contributed by atoms with Gasteiger partial charge in [-0.15, -0.1) is 0 Å². The molecule has 4 aromatic rings. The van der Waals surface area contributed by atoms with Gasteiger partial charge in [0.15, 0.2) is 11.0 Å². The van der Waals surface area contributed by atoms with E-state index in [0.717, 1.165) is 5.52 Å². The van der Waals surface area contributed by atoms with Crippen molar-refractivity contribution in [2.45, 2.75) is 4.90 Å². The molecule has 1 aliphatic carbocycles. The third-order valence-electron chi connectivity index (χ3n) is 5.44. The van der Waals surface area contributed by atoms with Crippen LogP contribution < -0.4 is 9.29 Å². The van der Waals surface area contributed by atoms with E-state index in [1.807, 2.05) is 35.9 Å². The second-order valence-corrected chi connectivity index (χ2v) is 9.11. The fourth-order valence-corrected chi connectivity index (χ4v) is 5.01. The molecule has 3 aromatic carbocycles. The Morgan fingerprint density at radius 3 is 2.09 bits per heavy atom. The molecule has 158 valence electrons. The minimum Gasteiger partial charge on any atom is -0.287 e. The van der Waals surface area contributed by atoms with Gasteiger partial charge in [-0.1, -0.05) is 54.6 Å². The predicted molar refractivity (Wildman–Crippen MR) is 118 cm³/mol. The SMILES string of the molecule is C[n+]1cn(C2=C(NS(=O)(=O)c3ccccc3)C(=O)c3ccccc3C2=O)c2ccccc21. The number of rotatable bonds is 4. The van der Waals surface area contributed by atoms with Crippen molar-refractivity contribution < 1.29 is 22.6 Å². The third-order valence-corrected chi connectivity index (χ3v) is 6.80. The zero-order chi connectivity index (χ0) is 22.5. The topological polar surface area (TPSA) is 89.1 Å². The van der Waals surface area contributed by atoms with Crippen molar-refractivity contribution in [2.24, 2.45) is 7.05 Å². The number of carbonyl (C=O) groups excluding carboxylic acids is 2. The molecule has 7 nitrogen and oxygen atoms in total. The molecule has 0 unspecified atom stereocenters. The summed E-state index contributed by atoms with van der Waals surface area (Å²) in [4.78, 5) is 27.0. The van der Waals surface area contributed by atoms with Crippen LogP contribution in [0.1, 0.15) is 20.7 Å². The smallest absolute Gasteiger partial charge is 0.262 e. The fourth-order valence-electron chi connectivity index (χ4n) is 3.92. The largest absolute Gasteiger partial charge is 0.287 e. The quantitative estimate of drug-likeness (QED) is 0.490. The van der Waals surface area contributed by atoms with Gasteiger partial charge >= 0.3 is 0 Å². The Hall–Kier alpha value is -4.04. The van der Waals surface area contributed by atoms with Crippen LogP contribution in [0, 0.1) is 0 Å². The molecule has 1 N–H and O–H groups in total. The van der Waals surface area contributed by atoms with Gasteiger partial charge in [-0.05, 0) is 24.3 Å². The number of hydrogen-bond acceptors (Lipinski definition) is 4. The number of nitrogens with zero attached hydrogens (tertiary/aromatic N) is 2. The molecule has 1 aliphatic rings. The number of ketones is 2. The third kappa shape index (κ3) is 3.04. The van der Waals surface area contributed by atoms with Crippen LogP contribution in [0.15, 0.2) is 95.8 Å². The van der Waals surface area contributed by atoms with Gasteiger partial charge in [-0.2, -0.15) is 4.57 Å². The second-order valence-electron chi connectivity index (χ2n) is 7.43. The number of allylic oxidation sites excluding steroid dienone is 2. The zero-order valence-corrected chi connectivity index (χ0v) is 17.8. The number of sulfonamides is 1. The number of hydrogen-bond donors (Lipinski definition) is 1. The van der Waals surface area contributed by atoms with Crippen molar-refractivity contribution in [1.29, 1.82) is 0 Å². The number of para-hydroxylation sites is 2. The van der Waals surface area contributed by atoms with Crippen molar-refractivity contribution in [3.8, 4) is 0 Å². The second kappa shape index (κ2) is 7.28. The van der Waals surface area contributed by atoms with Crippen LogP contribution in [0.5, 0.6) is 0 Å². The summed E-state index contributed by atoms with van der Waals surface area (Å²) in [7, 11) is -2.29. The Morgan fingerprint density at radius 2 is 1.38 bits per heavy atom. The number of nitrogens with one attached hydrogen (secondary N) is 1. The van der Waals surface area contributed by atoms with Crippen molar-refractivity contribution in [1.82, 2.24) is 9.29 Å². The van der Waals surface area contributed by atoms with Crippen molar-refractivity contribution in [3.63, 3.8) is 0 Å². The monoisotopic (exact) mass is 444 g/mol. The molecule has 0 bridgehead atoms. The van der Waals surface area contributed by atoms with E-state index in [9.17, 15) is 18.0 Å². The molecule has 0 radical (unpaired) electrons. The van der Waals surface area contributed by atoms with Crippen molar-refractivity contribution >= 4 is 38.3 Å². The summed E-state index contributed by atoms with van der Waals surface area (Å²) in [6.45, 7) is 0. The summed E-state index contributed by atoms with van der Waals surface area (Å²) in [5.74, 6) is -0.998. The van der Waals surface area contributed by atoms with Gasteiger partial charge in [0, 0.05) is 11.1 Å². The van der Waals surface area contributed by atoms with Gasteiger partial charge in [-0.3, -0.25) is 14.3 Å². The summed E-state index contributed by atoms with van der Waals surface area (Å²) in [5.41, 5.74) is 1.57. The lowest BCUT2D eigenvalue weighted by Gasteiger charge is -2.20. The first-order valence-electron chi connectivity index (χ1n) is 9.85. The van der Waals surface area contributed by atoms with E-state index in [4.69, 9.17) is 0 Å². The zero-order valence-electron chi connectivity index (χ0n) is 17.0. The highest BCUT2D eigenvalue weighted by Crippen LogP contribution is 2.30. The maximum Gasteiger partial charge on any atom is 0.262 e. The molecule has 1 heterocycles. The van der Waals surface area contributed by atoms with Gasteiger partial charge in [0.25, 0.3) is 10.0 Å². The molecule has 1 aromatic heterocycles. The highest BCUT2D eigenvalue weighted by Gasteiger charge is 2.39. The molecule has 0 aliphatic heterocycles. The van der Waals surface area contributed by atoms with Crippen molar-refractivity contribution in [3.05, 3.63) is 102 Å². The summed E-state index contributed by atoms with van der Waals surface area (Å²) in [5, 5.41) is 0. The van der Waals surface area contributed by atoms with E-state index in [1.54, 1.807) is 47.3 Å². The molecule has 0 saturated heterocycles. The van der Waals surface area contributed by atoms with Crippen molar-refractivity contribution in [2.75, 3.05) is 0 Å². The molecule has 5 rings (SSSR count). The van der Waals surface area contributed by atoms with E-state index in [0.29, 0.717) is 5.52 Å². The molecule has 0 saturated carbocycles. The summed E-state index contributed by atoms with van der Waals surface area (Å²) in [6.07, 6.45) is 1.66. The number of fused-ring (bicyclic) bond motifs is 2. The Kier molecular flexibility index (Phi) is 4.53. The Balaban J connectivity index is 1.79. The first-order chi connectivity index (χ1) is 15.4. The predicted octanol–water partition coefficient (Wildman–Crippen LogP) is 2.69. The molecule has 0 amide bonds. The highest BCUT2D eigenvalue weighted by atomic mass is 32.2. The van der Waals surface area contributed by atoms with Crippen LogP contribution in [0.25, 0.3) is 16.7 Å². The van der Waals surface area contributed by atoms with Gasteiger partial charge in [-0.25, -0.2) is 13.0 Å². The molecular formula is C24H18N3O4S+. The Morgan fingerprint density at radius 1 is 0.781 bits per heavy atom.